The lowest BCUT2D eigenvalue weighted by atomic mass is 9.84. The Morgan fingerprint density at radius 2 is 1.89 bits per heavy atom. The van der Waals surface area contributed by atoms with Gasteiger partial charge in [0.05, 0.1) is 6.61 Å². The molecule has 3 atom stereocenters. The van der Waals surface area contributed by atoms with Crippen LogP contribution in [0.25, 0.3) is 0 Å². The van der Waals surface area contributed by atoms with E-state index in [1.807, 2.05) is 13.2 Å². The van der Waals surface area contributed by atoms with Crippen molar-refractivity contribution in [3.8, 4) is 0 Å². The van der Waals surface area contributed by atoms with Crippen LogP contribution in [0.3, 0.4) is 0 Å². The van der Waals surface area contributed by atoms with Crippen LogP contribution in [0.5, 0.6) is 0 Å². The molecule has 0 aliphatic heterocycles. The molecule has 18 heavy (non-hydrogen) atoms. The highest BCUT2D eigenvalue weighted by atomic mass is 32.2. The molecule has 108 valence electrons. The molecule has 0 aliphatic carbocycles. The predicted molar refractivity (Wildman–Crippen MR) is 79.8 cm³/mol. The van der Waals surface area contributed by atoms with E-state index in [1.54, 1.807) is 11.8 Å². The molecule has 0 fully saturated rings. The Kier molecular flexibility index (Phi) is 7.95. The van der Waals surface area contributed by atoms with E-state index in [-0.39, 0.29) is 29.2 Å². The molecule has 0 spiro atoms. The summed E-state index contributed by atoms with van der Waals surface area (Å²) in [4.78, 5) is 11.9. The van der Waals surface area contributed by atoms with Crippen molar-refractivity contribution in [2.75, 3.05) is 12.9 Å². The highest BCUT2D eigenvalue weighted by Crippen LogP contribution is 2.25. The van der Waals surface area contributed by atoms with Gasteiger partial charge in [-0.1, -0.05) is 27.7 Å². The molecule has 0 saturated heterocycles. The molecule has 0 aromatic carbocycles. The van der Waals surface area contributed by atoms with E-state index in [2.05, 4.69) is 33.0 Å². The Balaban J connectivity index is 4.11. The number of hydrogen-bond donors (Lipinski definition) is 2. The lowest BCUT2D eigenvalue weighted by molar-refractivity contribution is -0.122. The van der Waals surface area contributed by atoms with Crippen LogP contribution in [-0.2, 0) is 4.79 Å². The van der Waals surface area contributed by atoms with E-state index in [0.29, 0.717) is 12.3 Å². The number of thioether (sulfide) groups is 1. The molecule has 0 aliphatic rings. The first-order chi connectivity index (χ1) is 8.19. The second kappa shape index (κ2) is 8.05. The van der Waals surface area contributed by atoms with Crippen LogP contribution in [0.15, 0.2) is 0 Å². The maximum Gasteiger partial charge on any atom is 0.220 e. The minimum absolute atomic E-state index is 0.0133. The molecule has 3 unspecified atom stereocenters. The van der Waals surface area contributed by atoms with Gasteiger partial charge in [0.25, 0.3) is 0 Å². The fraction of sp³-hybridized carbons (Fsp3) is 0.929. The van der Waals surface area contributed by atoms with Gasteiger partial charge in [0.15, 0.2) is 0 Å². The summed E-state index contributed by atoms with van der Waals surface area (Å²) < 4.78 is 0. The second-order valence-electron chi connectivity index (χ2n) is 6.39. The van der Waals surface area contributed by atoms with Crippen LogP contribution in [0.4, 0.5) is 0 Å². The Labute approximate surface area is 116 Å². The monoisotopic (exact) mass is 275 g/mol. The number of amides is 1. The quantitative estimate of drug-likeness (QED) is 0.751. The zero-order chi connectivity index (χ0) is 14.3. The molecule has 0 heterocycles. The number of rotatable bonds is 7. The topological polar surface area (TPSA) is 49.3 Å². The molecule has 0 aromatic heterocycles. The third kappa shape index (κ3) is 7.98. The molecule has 4 heteroatoms. The summed E-state index contributed by atoms with van der Waals surface area (Å²) >= 11 is 1.58. The van der Waals surface area contributed by atoms with Gasteiger partial charge >= 0.3 is 0 Å². The van der Waals surface area contributed by atoms with Gasteiger partial charge in [0.1, 0.15) is 0 Å². The summed E-state index contributed by atoms with van der Waals surface area (Å²) in [5.74, 6) is 0.478. The van der Waals surface area contributed by atoms with Gasteiger partial charge in [0, 0.05) is 17.7 Å². The first-order valence-corrected chi connectivity index (χ1v) is 7.91. The lowest BCUT2D eigenvalue weighted by Gasteiger charge is -2.25. The van der Waals surface area contributed by atoms with Crippen molar-refractivity contribution in [1.29, 1.82) is 0 Å². The van der Waals surface area contributed by atoms with Crippen molar-refractivity contribution < 1.29 is 9.90 Å². The van der Waals surface area contributed by atoms with Crippen molar-refractivity contribution in [3.05, 3.63) is 0 Å². The Morgan fingerprint density at radius 1 is 1.33 bits per heavy atom. The van der Waals surface area contributed by atoms with Gasteiger partial charge in [-0.25, -0.2) is 0 Å². The fourth-order valence-electron chi connectivity index (χ4n) is 2.28. The van der Waals surface area contributed by atoms with E-state index in [0.717, 1.165) is 6.42 Å². The molecular formula is C14H29NO2S. The number of carbonyl (C=O) groups is 1. The normalized spacial score (nSPS) is 17.1. The Morgan fingerprint density at radius 3 is 2.28 bits per heavy atom. The molecule has 2 N–H and O–H groups in total. The van der Waals surface area contributed by atoms with Gasteiger partial charge in [-0.3, -0.25) is 4.79 Å². The van der Waals surface area contributed by atoms with Crippen molar-refractivity contribution in [2.24, 2.45) is 11.3 Å². The van der Waals surface area contributed by atoms with Crippen LogP contribution in [0.2, 0.25) is 0 Å². The molecule has 0 saturated carbocycles. The zero-order valence-corrected chi connectivity index (χ0v) is 13.4. The molecule has 0 bridgehead atoms. The molecule has 0 radical (unpaired) electrons. The van der Waals surface area contributed by atoms with Crippen molar-refractivity contribution in [1.82, 2.24) is 5.32 Å². The van der Waals surface area contributed by atoms with Crippen LogP contribution in [0, 0.1) is 11.3 Å². The van der Waals surface area contributed by atoms with Gasteiger partial charge in [-0.05, 0) is 30.9 Å². The van der Waals surface area contributed by atoms with E-state index in [9.17, 15) is 9.90 Å². The molecule has 1 amide bonds. The van der Waals surface area contributed by atoms with E-state index < -0.39 is 0 Å². The lowest BCUT2D eigenvalue weighted by Crippen LogP contribution is -2.41. The Hall–Kier alpha value is -0.220. The predicted octanol–water partition coefficient (Wildman–Crippen LogP) is 2.68. The highest BCUT2D eigenvalue weighted by molar-refractivity contribution is 7.99. The molecule has 0 aromatic rings. The molecular weight excluding hydrogens is 246 g/mol. The second-order valence-corrected chi connectivity index (χ2v) is 7.46. The van der Waals surface area contributed by atoms with Crippen LogP contribution < -0.4 is 5.32 Å². The summed E-state index contributed by atoms with van der Waals surface area (Å²) in [6, 6.07) is 0.0133. The van der Waals surface area contributed by atoms with Crippen LogP contribution in [0.1, 0.15) is 47.5 Å². The Bertz CT molecular complexity index is 247. The summed E-state index contributed by atoms with van der Waals surface area (Å²) in [7, 11) is 0. The largest absolute Gasteiger partial charge is 0.395 e. The van der Waals surface area contributed by atoms with E-state index >= 15 is 0 Å². The number of nitrogens with one attached hydrogen (secondary N) is 1. The van der Waals surface area contributed by atoms with E-state index in [4.69, 9.17) is 0 Å². The van der Waals surface area contributed by atoms with Gasteiger partial charge in [-0.15, -0.1) is 0 Å². The maximum atomic E-state index is 11.9. The van der Waals surface area contributed by atoms with Crippen molar-refractivity contribution in [2.45, 2.75) is 58.8 Å². The third-order valence-electron chi connectivity index (χ3n) is 2.92. The number of aliphatic hydroxyl groups excluding tert-OH is 1. The van der Waals surface area contributed by atoms with Gasteiger partial charge in [-0.2, -0.15) is 11.8 Å². The number of carbonyl (C=O) groups excluding carboxylic acids is 1. The minimum Gasteiger partial charge on any atom is -0.395 e. The standard InChI is InChI=1S/C14H29NO2S/c1-10(8-14(3,4)5)7-13(17)15-11(2)12(9-16)18-6/h10-12,16H,7-9H2,1-6H3,(H,15,17). The van der Waals surface area contributed by atoms with Gasteiger partial charge in [0.2, 0.25) is 5.91 Å². The summed E-state index contributed by atoms with van der Waals surface area (Å²) in [6.07, 6.45) is 3.56. The SMILES string of the molecule is CSC(CO)C(C)NC(=O)CC(C)CC(C)(C)C. The zero-order valence-electron chi connectivity index (χ0n) is 12.6. The van der Waals surface area contributed by atoms with Crippen LogP contribution >= 0.6 is 11.8 Å². The maximum absolute atomic E-state index is 11.9. The number of hydrogen-bond acceptors (Lipinski definition) is 3. The molecule has 0 rings (SSSR count). The van der Waals surface area contributed by atoms with Gasteiger partial charge < -0.3 is 10.4 Å². The third-order valence-corrected chi connectivity index (χ3v) is 4.09. The van der Waals surface area contributed by atoms with E-state index in [1.165, 1.54) is 0 Å². The first-order valence-electron chi connectivity index (χ1n) is 6.62. The molecule has 3 nitrogen and oxygen atoms in total. The summed E-state index contributed by atoms with van der Waals surface area (Å²) in [5, 5.41) is 12.2. The first kappa shape index (κ1) is 17.8. The highest BCUT2D eigenvalue weighted by Gasteiger charge is 2.21. The average molecular weight is 275 g/mol. The average Bonchev–Trinajstić information content (AvgIpc) is 2.15. The minimum atomic E-state index is 0.0133. The fourth-order valence-corrected chi connectivity index (χ4v) is 2.90. The summed E-state index contributed by atoms with van der Waals surface area (Å²) in [5.41, 5.74) is 0.262. The van der Waals surface area contributed by atoms with Crippen LogP contribution in [-0.4, -0.2) is 35.2 Å². The number of aliphatic hydroxyl groups is 1. The smallest absolute Gasteiger partial charge is 0.220 e. The summed E-state index contributed by atoms with van der Waals surface area (Å²) in [6.45, 7) is 10.7. The van der Waals surface area contributed by atoms with Crippen molar-refractivity contribution >= 4 is 17.7 Å². The van der Waals surface area contributed by atoms with Crippen molar-refractivity contribution in [3.63, 3.8) is 0 Å².